The molecule has 0 aliphatic heterocycles. The maximum atomic E-state index is 9.30. The summed E-state index contributed by atoms with van der Waals surface area (Å²) in [5.41, 5.74) is 0. The van der Waals surface area contributed by atoms with Crippen LogP contribution in [0.3, 0.4) is 0 Å². The van der Waals surface area contributed by atoms with Crippen LogP contribution < -0.4 is 0 Å². The lowest BCUT2D eigenvalue weighted by atomic mass is 10.0. The Morgan fingerprint density at radius 1 is 1.80 bits per heavy atom. The predicted octanol–water partition coefficient (Wildman–Crippen LogP) is 1.43. The van der Waals surface area contributed by atoms with E-state index in [4.69, 9.17) is 4.74 Å². The number of halogens is 1. The van der Waals surface area contributed by atoms with Crippen LogP contribution in [0.15, 0.2) is 10.6 Å². The third kappa shape index (κ3) is 1.81. The highest BCUT2D eigenvalue weighted by molar-refractivity contribution is 9.11. The summed E-state index contributed by atoms with van der Waals surface area (Å²) in [4.78, 5) is 0. The molecule has 1 N–H and O–H groups in total. The maximum Gasteiger partial charge on any atom is 0.102 e. The summed E-state index contributed by atoms with van der Waals surface area (Å²) in [5.74, 6) is 0. The van der Waals surface area contributed by atoms with Gasteiger partial charge in [0.2, 0.25) is 0 Å². The Hall–Kier alpha value is 0.140. The van der Waals surface area contributed by atoms with Gasteiger partial charge in [-0.05, 0) is 23.4 Å². The van der Waals surface area contributed by atoms with E-state index in [1.165, 1.54) is 0 Å². The Kier molecular flexibility index (Phi) is 2.89. The van der Waals surface area contributed by atoms with Crippen molar-refractivity contribution in [3.63, 3.8) is 0 Å². The molecule has 1 rings (SSSR count). The zero-order valence-electron chi connectivity index (χ0n) is 5.88. The molecule has 0 saturated heterocycles. The molecule has 0 amide bonds. The number of hydrogen-bond acceptors (Lipinski definition) is 2. The Labute approximate surface area is 69.0 Å². The van der Waals surface area contributed by atoms with Crippen molar-refractivity contribution in [1.82, 2.24) is 0 Å². The first-order valence-corrected chi connectivity index (χ1v) is 4.10. The van der Waals surface area contributed by atoms with Crippen LogP contribution >= 0.6 is 15.9 Å². The van der Waals surface area contributed by atoms with Crippen LogP contribution in [-0.2, 0) is 4.74 Å². The van der Waals surface area contributed by atoms with E-state index >= 15 is 0 Å². The Balaban J connectivity index is 2.59. The first-order valence-electron chi connectivity index (χ1n) is 3.31. The first kappa shape index (κ1) is 8.24. The average Bonchev–Trinajstić information content (AvgIpc) is 1.94. The SMILES string of the molecule is COC1C=C(Br)CCC1O. The number of allylic oxidation sites excluding steroid dienone is 1. The van der Waals surface area contributed by atoms with Crippen LogP contribution in [0.5, 0.6) is 0 Å². The number of ether oxygens (including phenoxy) is 1. The summed E-state index contributed by atoms with van der Waals surface area (Å²) in [7, 11) is 1.61. The number of rotatable bonds is 1. The van der Waals surface area contributed by atoms with Crippen molar-refractivity contribution < 1.29 is 9.84 Å². The molecule has 0 aromatic rings. The lowest BCUT2D eigenvalue weighted by Crippen LogP contribution is -2.28. The molecule has 58 valence electrons. The van der Waals surface area contributed by atoms with E-state index < -0.39 is 0 Å². The third-order valence-corrected chi connectivity index (χ3v) is 2.34. The summed E-state index contributed by atoms with van der Waals surface area (Å²) < 4.78 is 6.15. The van der Waals surface area contributed by atoms with Gasteiger partial charge in [0.25, 0.3) is 0 Å². The minimum Gasteiger partial charge on any atom is -0.390 e. The van der Waals surface area contributed by atoms with Gasteiger partial charge in [-0.3, -0.25) is 0 Å². The fourth-order valence-electron chi connectivity index (χ4n) is 1.05. The van der Waals surface area contributed by atoms with Gasteiger partial charge in [-0.25, -0.2) is 0 Å². The topological polar surface area (TPSA) is 29.5 Å². The van der Waals surface area contributed by atoms with Gasteiger partial charge in [0.05, 0.1) is 6.10 Å². The summed E-state index contributed by atoms with van der Waals surface area (Å²) in [6.07, 6.45) is 3.17. The summed E-state index contributed by atoms with van der Waals surface area (Å²) in [6, 6.07) is 0. The van der Waals surface area contributed by atoms with Crippen LogP contribution in [0.1, 0.15) is 12.8 Å². The first-order chi connectivity index (χ1) is 4.74. The zero-order valence-corrected chi connectivity index (χ0v) is 7.47. The minimum absolute atomic E-state index is 0.122. The minimum atomic E-state index is -0.328. The van der Waals surface area contributed by atoms with Gasteiger partial charge in [0.1, 0.15) is 6.10 Å². The number of aliphatic hydroxyl groups is 1. The number of methoxy groups -OCH3 is 1. The summed E-state index contributed by atoms with van der Waals surface area (Å²) in [6.45, 7) is 0. The highest BCUT2D eigenvalue weighted by Crippen LogP contribution is 2.24. The van der Waals surface area contributed by atoms with E-state index in [1.54, 1.807) is 7.11 Å². The molecule has 3 heteroatoms. The second-order valence-electron chi connectivity index (χ2n) is 2.42. The van der Waals surface area contributed by atoms with Crippen molar-refractivity contribution in [3.8, 4) is 0 Å². The van der Waals surface area contributed by atoms with Crippen molar-refractivity contribution in [3.05, 3.63) is 10.6 Å². The highest BCUT2D eigenvalue weighted by Gasteiger charge is 2.20. The van der Waals surface area contributed by atoms with Gasteiger partial charge < -0.3 is 9.84 Å². The molecule has 0 aromatic carbocycles. The van der Waals surface area contributed by atoms with Gasteiger partial charge in [0, 0.05) is 7.11 Å². The Bertz CT molecular complexity index is 145. The van der Waals surface area contributed by atoms with Gasteiger partial charge >= 0.3 is 0 Å². The molecule has 2 unspecified atom stereocenters. The van der Waals surface area contributed by atoms with Crippen LogP contribution in [0.2, 0.25) is 0 Å². The third-order valence-electron chi connectivity index (χ3n) is 1.68. The average molecular weight is 207 g/mol. The second kappa shape index (κ2) is 3.51. The fourth-order valence-corrected chi connectivity index (χ4v) is 1.54. The predicted molar refractivity (Wildman–Crippen MR) is 43.0 cm³/mol. The van der Waals surface area contributed by atoms with Crippen molar-refractivity contribution in [2.24, 2.45) is 0 Å². The van der Waals surface area contributed by atoms with E-state index in [9.17, 15) is 5.11 Å². The van der Waals surface area contributed by atoms with Gasteiger partial charge in [-0.2, -0.15) is 0 Å². The quantitative estimate of drug-likeness (QED) is 0.704. The monoisotopic (exact) mass is 206 g/mol. The van der Waals surface area contributed by atoms with Gasteiger partial charge in [-0.15, -0.1) is 0 Å². The Morgan fingerprint density at radius 3 is 3.00 bits per heavy atom. The molecule has 0 saturated carbocycles. The normalized spacial score (nSPS) is 33.7. The lowest BCUT2D eigenvalue weighted by Gasteiger charge is -2.22. The van der Waals surface area contributed by atoms with Crippen LogP contribution in [0.4, 0.5) is 0 Å². The second-order valence-corrected chi connectivity index (χ2v) is 3.44. The van der Waals surface area contributed by atoms with Crippen molar-refractivity contribution in [2.75, 3.05) is 7.11 Å². The molecule has 0 fully saturated rings. The van der Waals surface area contributed by atoms with E-state index in [2.05, 4.69) is 15.9 Å². The molecule has 0 radical (unpaired) electrons. The molecule has 2 atom stereocenters. The summed E-state index contributed by atoms with van der Waals surface area (Å²) in [5, 5.41) is 9.30. The molecule has 0 aromatic heterocycles. The zero-order chi connectivity index (χ0) is 7.56. The Morgan fingerprint density at radius 2 is 2.50 bits per heavy atom. The number of aliphatic hydroxyl groups excluding tert-OH is 1. The standard InChI is InChI=1S/C7H11BrO2/c1-10-7-4-5(8)2-3-6(7)9/h4,6-7,9H,2-3H2,1H3. The molecule has 0 spiro atoms. The smallest absolute Gasteiger partial charge is 0.102 e. The molecule has 1 aliphatic rings. The summed E-state index contributed by atoms with van der Waals surface area (Å²) >= 11 is 3.37. The van der Waals surface area contributed by atoms with Crippen LogP contribution in [0, 0.1) is 0 Å². The van der Waals surface area contributed by atoms with Crippen molar-refractivity contribution in [2.45, 2.75) is 25.0 Å². The largest absolute Gasteiger partial charge is 0.390 e. The van der Waals surface area contributed by atoms with E-state index in [0.717, 1.165) is 17.3 Å². The molecular weight excluding hydrogens is 196 g/mol. The molecule has 10 heavy (non-hydrogen) atoms. The molecule has 0 bridgehead atoms. The van der Waals surface area contributed by atoms with Crippen molar-refractivity contribution >= 4 is 15.9 Å². The van der Waals surface area contributed by atoms with Crippen molar-refractivity contribution in [1.29, 1.82) is 0 Å². The molecule has 2 nitrogen and oxygen atoms in total. The maximum absolute atomic E-state index is 9.30. The van der Waals surface area contributed by atoms with Gasteiger partial charge in [-0.1, -0.05) is 15.9 Å². The van der Waals surface area contributed by atoms with E-state index in [1.807, 2.05) is 6.08 Å². The molecule has 1 aliphatic carbocycles. The van der Waals surface area contributed by atoms with Crippen LogP contribution in [-0.4, -0.2) is 24.4 Å². The van der Waals surface area contributed by atoms with E-state index in [-0.39, 0.29) is 12.2 Å². The van der Waals surface area contributed by atoms with Gasteiger partial charge in [0.15, 0.2) is 0 Å². The fraction of sp³-hybridized carbons (Fsp3) is 0.714. The van der Waals surface area contributed by atoms with Crippen LogP contribution in [0.25, 0.3) is 0 Å². The molecular formula is C7H11BrO2. The highest BCUT2D eigenvalue weighted by atomic mass is 79.9. The van der Waals surface area contributed by atoms with E-state index in [0.29, 0.717) is 0 Å². The number of hydrogen-bond donors (Lipinski definition) is 1. The molecule has 0 heterocycles. The lowest BCUT2D eigenvalue weighted by molar-refractivity contribution is 0.00852.